The maximum absolute atomic E-state index is 4.52. The number of tetrazole rings is 1. The number of unbranched alkanes of at least 4 members (excludes halogenated alkanes) is 1. The van der Waals surface area contributed by atoms with Crippen LogP contribution in [0.1, 0.15) is 31.2 Å². The van der Waals surface area contributed by atoms with Crippen LogP contribution in [0.15, 0.2) is 29.4 Å². The van der Waals surface area contributed by atoms with Crippen molar-refractivity contribution in [3.63, 3.8) is 0 Å². The molecular weight excluding hydrogens is 310 g/mol. The summed E-state index contributed by atoms with van der Waals surface area (Å²) in [6.07, 6.45) is 2.19. The van der Waals surface area contributed by atoms with Crippen molar-refractivity contribution in [3.8, 4) is 11.4 Å². The quantitative estimate of drug-likeness (QED) is 0.671. The van der Waals surface area contributed by atoms with Crippen molar-refractivity contribution in [2.45, 2.75) is 44.1 Å². The zero-order chi connectivity index (χ0) is 16.1. The van der Waals surface area contributed by atoms with E-state index in [0.29, 0.717) is 10.9 Å². The Hall–Kier alpha value is -2.22. The number of aryl methyl sites for hydroxylation is 2. The van der Waals surface area contributed by atoms with Crippen LogP contribution in [0.2, 0.25) is 0 Å². The molecule has 1 N–H and O–H groups in total. The maximum Gasteiger partial charge on any atom is 0.209 e. The van der Waals surface area contributed by atoms with Crippen LogP contribution in [0.25, 0.3) is 11.4 Å². The normalized spacial score (nSPS) is 11.0. The van der Waals surface area contributed by atoms with Gasteiger partial charge in [0.25, 0.3) is 0 Å². The van der Waals surface area contributed by atoms with E-state index in [1.165, 1.54) is 17.3 Å². The monoisotopic (exact) mass is 329 g/mol. The minimum Gasteiger partial charge on any atom is -0.258 e. The van der Waals surface area contributed by atoms with E-state index in [1.54, 1.807) is 0 Å². The molecule has 0 saturated heterocycles. The molecule has 120 valence electrons. The number of hydrogen-bond acceptors (Lipinski definition) is 6. The molecular formula is C15H19N7S. The number of thioether (sulfide) groups is 1. The molecule has 0 radical (unpaired) electrons. The average Bonchev–Trinajstić information content (AvgIpc) is 3.21. The first-order valence-corrected chi connectivity index (χ1v) is 8.62. The van der Waals surface area contributed by atoms with Crippen LogP contribution in [0.5, 0.6) is 0 Å². The van der Waals surface area contributed by atoms with Crippen LogP contribution >= 0.6 is 11.8 Å². The lowest BCUT2D eigenvalue weighted by Crippen LogP contribution is -2.05. The first-order valence-electron chi connectivity index (χ1n) is 7.63. The summed E-state index contributed by atoms with van der Waals surface area (Å²) < 4.78 is 1.85. The highest BCUT2D eigenvalue weighted by atomic mass is 32.2. The maximum atomic E-state index is 4.52. The average molecular weight is 329 g/mol. The predicted octanol–water partition coefficient (Wildman–Crippen LogP) is 2.86. The van der Waals surface area contributed by atoms with E-state index in [9.17, 15) is 0 Å². The number of H-pyrrole nitrogens is 1. The fraction of sp³-hybridized carbons (Fsp3) is 0.400. The second-order valence-electron chi connectivity index (χ2n) is 5.29. The van der Waals surface area contributed by atoms with Crippen LogP contribution in [-0.4, -0.2) is 35.4 Å². The fourth-order valence-corrected chi connectivity index (χ4v) is 2.82. The molecule has 3 aromatic rings. The van der Waals surface area contributed by atoms with Gasteiger partial charge in [-0.1, -0.05) is 54.9 Å². The highest BCUT2D eigenvalue weighted by Gasteiger charge is 2.10. The van der Waals surface area contributed by atoms with E-state index in [2.05, 4.69) is 56.7 Å². The van der Waals surface area contributed by atoms with Crippen molar-refractivity contribution in [2.24, 2.45) is 0 Å². The largest absolute Gasteiger partial charge is 0.258 e. The summed E-state index contributed by atoms with van der Waals surface area (Å²) in [5.74, 6) is 2.28. The van der Waals surface area contributed by atoms with E-state index in [1.807, 2.05) is 16.8 Å². The summed E-state index contributed by atoms with van der Waals surface area (Å²) in [4.78, 5) is 4.52. The Kier molecular flexibility index (Phi) is 5.02. The Morgan fingerprint density at radius 1 is 1.22 bits per heavy atom. The zero-order valence-electron chi connectivity index (χ0n) is 13.2. The van der Waals surface area contributed by atoms with E-state index in [0.717, 1.165) is 36.6 Å². The Labute approximate surface area is 138 Å². The standard InChI is InChI=1S/C15H19N7S/c1-3-4-9-22-13(17-20-21-22)10-23-15-16-14(18-19-15)12-7-5-11(2)6-8-12/h5-8H,3-4,9-10H2,1-2H3,(H,16,18,19). The van der Waals surface area contributed by atoms with Gasteiger partial charge in [-0.2, -0.15) is 0 Å². The topological polar surface area (TPSA) is 85.2 Å². The van der Waals surface area contributed by atoms with Gasteiger partial charge in [-0.25, -0.2) is 9.67 Å². The van der Waals surface area contributed by atoms with Gasteiger partial charge in [-0.05, 0) is 23.8 Å². The number of rotatable bonds is 7. The highest BCUT2D eigenvalue weighted by Crippen LogP contribution is 2.21. The molecule has 0 amide bonds. The Bertz CT molecular complexity index is 747. The molecule has 0 bridgehead atoms. The molecule has 0 atom stereocenters. The first kappa shape index (κ1) is 15.7. The van der Waals surface area contributed by atoms with Crippen molar-refractivity contribution in [3.05, 3.63) is 35.7 Å². The molecule has 7 nitrogen and oxygen atoms in total. The van der Waals surface area contributed by atoms with Crippen molar-refractivity contribution in [2.75, 3.05) is 0 Å². The van der Waals surface area contributed by atoms with Crippen molar-refractivity contribution in [1.82, 2.24) is 35.4 Å². The van der Waals surface area contributed by atoms with E-state index >= 15 is 0 Å². The van der Waals surface area contributed by atoms with Crippen LogP contribution in [0, 0.1) is 6.92 Å². The summed E-state index contributed by atoms with van der Waals surface area (Å²) in [6, 6.07) is 8.20. The third kappa shape index (κ3) is 3.95. The number of nitrogens with one attached hydrogen (secondary N) is 1. The van der Waals surface area contributed by atoms with Gasteiger partial charge in [0.15, 0.2) is 11.6 Å². The van der Waals surface area contributed by atoms with Crippen LogP contribution in [0.4, 0.5) is 0 Å². The molecule has 2 heterocycles. The Balaban J connectivity index is 1.63. The third-order valence-corrected chi connectivity index (χ3v) is 4.29. The fourth-order valence-electron chi connectivity index (χ4n) is 2.09. The summed E-state index contributed by atoms with van der Waals surface area (Å²) in [7, 11) is 0. The molecule has 0 aliphatic heterocycles. The van der Waals surface area contributed by atoms with Gasteiger partial charge in [-0.3, -0.25) is 5.10 Å². The lowest BCUT2D eigenvalue weighted by molar-refractivity contribution is 0.540. The van der Waals surface area contributed by atoms with E-state index < -0.39 is 0 Å². The van der Waals surface area contributed by atoms with Gasteiger partial charge in [0, 0.05) is 12.1 Å². The lowest BCUT2D eigenvalue weighted by Gasteiger charge is -2.01. The van der Waals surface area contributed by atoms with Gasteiger partial charge in [0.2, 0.25) is 5.16 Å². The second kappa shape index (κ2) is 7.36. The highest BCUT2D eigenvalue weighted by molar-refractivity contribution is 7.98. The minimum atomic E-state index is 0.655. The van der Waals surface area contributed by atoms with E-state index in [-0.39, 0.29) is 0 Å². The van der Waals surface area contributed by atoms with Crippen LogP contribution in [-0.2, 0) is 12.3 Å². The zero-order valence-corrected chi connectivity index (χ0v) is 14.0. The third-order valence-electron chi connectivity index (χ3n) is 3.45. The summed E-state index contributed by atoms with van der Waals surface area (Å²) in [6.45, 7) is 5.06. The molecule has 0 aliphatic carbocycles. The minimum absolute atomic E-state index is 0.655. The Morgan fingerprint density at radius 3 is 2.83 bits per heavy atom. The number of hydrogen-bond donors (Lipinski definition) is 1. The van der Waals surface area contributed by atoms with Gasteiger partial charge in [-0.15, -0.1) is 10.2 Å². The second-order valence-corrected chi connectivity index (χ2v) is 6.24. The molecule has 0 fully saturated rings. The van der Waals surface area contributed by atoms with Gasteiger partial charge < -0.3 is 0 Å². The van der Waals surface area contributed by atoms with E-state index in [4.69, 9.17) is 0 Å². The molecule has 8 heteroatoms. The number of benzene rings is 1. The van der Waals surface area contributed by atoms with Crippen molar-refractivity contribution < 1.29 is 0 Å². The van der Waals surface area contributed by atoms with Crippen LogP contribution < -0.4 is 0 Å². The molecule has 1 aromatic carbocycles. The van der Waals surface area contributed by atoms with Gasteiger partial charge in [0.1, 0.15) is 0 Å². The van der Waals surface area contributed by atoms with Crippen molar-refractivity contribution in [1.29, 1.82) is 0 Å². The number of aromatic amines is 1. The van der Waals surface area contributed by atoms with Gasteiger partial charge >= 0.3 is 0 Å². The lowest BCUT2D eigenvalue weighted by atomic mass is 10.1. The SMILES string of the molecule is CCCCn1nnnc1CSc1n[nH]c(-c2ccc(C)cc2)n1. The van der Waals surface area contributed by atoms with Crippen LogP contribution in [0.3, 0.4) is 0 Å². The van der Waals surface area contributed by atoms with Gasteiger partial charge in [0.05, 0.1) is 5.75 Å². The molecule has 2 aromatic heterocycles. The first-order chi connectivity index (χ1) is 11.3. The Morgan fingerprint density at radius 2 is 2.04 bits per heavy atom. The molecule has 0 spiro atoms. The molecule has 0 saturated carbocycles. The summed E-state index contributed by atoms with van der Waals surface area (Å²) in [5, 5.41) is 19.8. The molecule has 0 aliphatic rings. The predicted molar refractivity (Wildman–Crippen MR) is 88.8 cm³/mol. The number of nitrogens with zero attached hydrogens (tertiary/aromatic N) is 6. The molecule has 23 heavy (non-hydrogen) atoms. The summed E-state index contributed by atoms with van der Waals surface area (Å²) in [5.41, 5.74) is 2.25. The smallest absolute Gasteiger partial charge is 0.209 e. The summed E-state index contributed by atoms with van der Waals surface area (Å²) >= 11 is 1.53. The van der Waals surface area contributed by atoms with Crippen molar-refractivity contribution >= 4 is 11.8 Å². The molecule has 3 rings (SSSR count). The molecule has 0 unspecified atom stereocenters. The number of aromatic nitrogens is 7.